The Morgan fingerprint density at radius 1 is 0.569 bits per heavy atom. The Labute approximate surface area is 315 Å². The molecule has 0 heterocycles. The van der Waals surface area contributed by atoms with Gasteiger partial charge in [0.2, 0.25) is 5.91 Å². The first-order chi connectivity index (χ1) is 24.9. The van der Waals surface area contributed by atoms with Crippen LogP contribution in [0.3, 0.4) is 0 Å². The Morgan fingerprint density at radius 2 is 1.00 bits per heavy atom. The van der Waals surface area contributed by atoms with E-state index in [0.29, 0.717) is 38.6 Å². The van der Waals surface area contributed by atoms with Gasteiger partial charge in [-0.05, 0) is 64.0 Å². The number of carbonyl (C=O) groups is 3. The van der Waals surface area contributed by atoms with Gasteiger partial charge < -0.3 is 20.9 Å². The molecule has 2 atom stereocenters. The number of carboxylic acids is 1. The van der Waals surface area contributed by atoms with E-state index < -0.39 is 12.0 Å². The molecule has 0 bridgehead atoms. The fraction of sp³-hybridized carbons (Fsp3) is 0.886. The van der Waals surface area contributed by atoms with E-state index in [1.165, 1.54) is 141 Å². The number of nitrogens with one attached hydrogen (secondary N) is 1. The second-order valence-electron chi connectivity index (χ2n) is 15.1. The number of nitrogens with two attached hydrogens (primary N) is 1. The standard InChI is InChI=1S/C44H84N2O5/c1-3-5-7-9-11-13-14-15-16-17-18-19-20-21-22-24-26-32-38-43(48)51-40(34-29-25-23-12-10-8-6-4-2)35-30-27-28-31-37-42(47)46-41(44(49)50)36-33-39-45/h29,34,40-41H,3-28,30-33,35-39,45H2,1-2H3,(H,46,47)(H,49,50)/b34-29-. The van der Waals surface area contributed by atoms with Crippen molar-refractivity contribution >= 4 is 17.8 Å². The highest BCUT2D eigenvalue weighted by Crippen LogP contribution is 2.17. The van der Waals surface area contributed by atoms with Gasteiger partial charge in [0, 0.05) is 12.8 Å². The molecule has 0 saturated carbocycles. The van der Waals surface area contributed by atoms with Gasteiger partial charge in [-0.15, -0.1) is 0 Å². The molecular weight excluding hydrogens is 636 g/mol. The summed E-state index contributed by atoms with van der Waals surface area (Å²) in [5.41, 5.74) is 5.48. The maximum absolute atomic E-state index is 12.7. The molecule has 0 aromatic rings. The van der Waals surface area contributed by atoms with E-state index in [2.05, 4.69) is 31.3 Å². The molecule has 300 valence electrons. The van der Waals surface area contributed by atoms with Crippen molar-refractivity contribution in [2.75, 3.05) is 6.54 Å². The zero-order valence-corrected chi connectivity index (χ0v) is 33.7. The summed E-state index contributed by atoms with van der Waals surface area (Å²) in [4.78, 5) is 36.3. The molecule has 0 fully saturated rings. The molecular formula is C44H84N2O5. The van der Waals surface area contributed by atoms with Crippen LogP contribution in [0.5, 0.6) is 0 Å². The van der Waals surface area contributed by atoms with E-state index >= 15 is 0 Å². The van der Waals surface area contributed by atoms with Gasteiger partial charge in [-0.1, -0.05) is 174 Å². The van der Waals surface area contributed by atoms with E-state index in [1.54, 1.807) is 0 Å². The normalized spacial score (nSPS) is 12.7. The molecule has 0 saturated heterocycles. The Morgan fingerprint density at radius 3 is 1.47 bits per heavy atom. The van der Waals surface area contributed by atoms with Gasteiger partial charge in [0.25, 0.3) is 0 Å². The SMILES string of the molecule is CCCCCCCC/C=C\C(CCCCCCC(=O)NC(CCCN)C(=O)O)OC(=O)CCCCCCCCCCCCCCCCCCCC. The maximum atomic E-state index is 12.7. The lowest BCUT2D eigenvalue weighted by Crippen LogP contribution is -2.40. The summed E-state index contributed by atoms with van der Waals surface area (Å²) in [5, 5.41) is 11.9. The summed E-state index contributed by atoms with van der Waals surface area (Å²) in [5.74, 6) is -1.31. The van der Waals surface area contributed by atoms with Gasteiger partial charge in [0.05, 0.1) is 0 Å². The lowest BCUT2D eigenvalue weighted by molar-refractivity contribution is -0.147. The highest BCUT2D eigenvalue weighted by molar-refractivity contribution is 5.83. The molecule has 0 aliphatic rings. The first kappa shape index (κ1) is 49.1. The number of amides is 1. The average Bonchev–Trinajstić information content (AvgIpc) is 3.11. The summed E-state index contributed by atoms with van der Waals surface area (Å²) in [6.07, 6.45) is 42.8. The quantitative estimate of drug-likeness (QED) is 0.0329. The molecule has 2 unspecified atom stereocenters. The van der Waals surface area contributed by atoms with E-state index in [-0.39, 0.29) is 18.0 Å². The van der Waals surface area contributed by atoms with Gasteiger partial charge in [-0.2, -0.15) is 0 Å². The Balaban J connectivity index is 4.17. The molecule has 4 N–H and O–H groups in total. The number of allylic oxidation sites excluding steroid dienone is 1. The molecule has 0 radical (unpaired) electrons. The smallest absolute Gasteiger partial charge is 0.326 e. The van der Waals surface area contributed by atoms with Crippen LogP contribution in [0, 0.1) is 0 Å². The lowest BCUT2D eigenvalue weighted by atomic mass is 10.0. The highest BCUT2D eigenvalue weighted by atomic mass is 16.5. The first-order valence-electron chi connectivity index (χ1n) is 22.0. The van der Waals surface area contributed by atoms with E-state index in [4.69, 9.17) is 10.5 Å². The first-order valence-corrected chi connectivity index (χ1v) is 22.0. The van der Waals surface area contributed by atoms with Crippen LogP contribution < -0.4 is 11.1 Å². The number of esters is 1. The zero-order chi connectivity index (χ0) is 37.5. The molecule has 0 spiro atoms. The van der Waals surface area contributed by atoms with Crippen LogP contribution in [-0.2, 0) is 19.1 Å². The van der Waals surface area contributed by atoms with Crippen LogP contribution in [0.4, 0.5) is 0 Å². The monoisotopic (exact) mass is 721 g/mol. The number of hydrogen-bond donors (Lipinski definition) is 3. The van der Waals surface area contributed by atoms with Crippen LogP contribution in [0.25, 0.3) is 0 Å². The third-order valence-electron chi connectivity index (χ3n) is 10.1. The van der Waals surface area contributed by atoms with E-state index in [1.807, 2.05) is 0 Å². The summed E-state index contributed by atoms with van der Waals surface area (Å²) < 4.78 is 5.93. The number of unbranched alkanes of at least 4 members (excludes halogenated alkanes) is 26. The van der Waals surface area contributed by atoms with Gasteiger partial charge in [0.1, 0.15) is 12.1 Å². The third kappa shape index (κ3) is 36.3. The second-order valence-corrected chi connectivity index (χ2v) is 15.1. The Hall–Kier alpha value is -1.89. The predicted molar refractivity (Wildman–Crippen MR) is 216 cm³/mol. The molecule has 0 rings (SSSR count). The topological polar surface area (TPSA) is 119 Å². The zero-order valence-electron chi connectivity index (χ0n) is 33.7. The van der Waals surface area contributed by atoms with Crippen LogP contribution in [-0.4, -0.2) is 41.6 Å². The number of hydrogen-bond acceptors (Lipinski definition) is 5. The highest BCUT2D eigenvalue weighted by Gasteiger charge is 2.19. The minimum absolute atomic E-state index is 0.0833. The molecule has 0 aliphatic heterocycles. The minimum atomic E-state index is -1.01. The largest absolute Gasteiger partial charge is 0.480 e. The van der Waals surface area contributed by atoms with Crippen LogP contribution in [0.2, 0.25) is 0 Å². The second kappa shape index (κ2) is 39.3. The molecule has 7 heteroatoms. The van der Waals surface area contributed by atoms with Crippen molar-refractivity contribution in [3.8, 4) is 0 Å². The summed E-state index contributed by atoms with van der Waals surface area (Å²) in [7, 11) is 0. The van der Waals surface area contributed by atoms with Crippen LogP contribution in [0.1, 0.15) is 232 Å². The van der Waals surface area contributed by atoms with Crippen molar-refractivity contribution in [3.05, 3.63) is 12.2 Å². The van der Waals surface area contributed by atoms with Gasteiger partial charge in [-0.3, -0.25) is 9.59 Å². The third-order valence-corrected chi connectivity index (χ3v) is 10.1. The van der Waals surface area contributed by atoms with Gasteiger partial charge in [-0.25, -0.2) is 4.79 Å². The van der Waals surface area contributed by atoms with Gasteiger partial charge in [0.15, 0.2) is 0 Å². The van der Waals surface area contributed by atoms with Crippen molar-refractivity contribution in [3.63, 3.8) is 0 Å². The minimum Gasteiger partial charge on any atom is -0.480 e. The van der Waals surface area contributed by atoms with Crippen molar-refractivity contribution in [2.24, 2.45) is 5.73 Å². The Bertz CT molecular complexity index is 817. The van der Waals surface area contributed by atoms with Crippen LogP contribution >= 0.6 is 0 Å². The average molecular weight is 721 g/mol. The fourth-order valence-corrected chi connectivity index (χ4v) is 6.71. The van der Waals surface area contributed by atoms with Crippen LogP contribution in [0.15, 0.2) is 12.2 Å². The summed E-state index contributed by atoms with van der Waals surface area (Å²) >= 11 is 0. The predicted octanol–water partition coefficient (Wildman–Crippen LogP) is 12.3. The summed E-state index contributed by atoms with van der Waals surface area (Å²) in [6.45, 7) is 4.93. The summed E-state index contributed by atoms with van der Waals surface area (Å²) in [6, 6.07) is -0.867. The van der Waals surface area contributed by atoms with Crippen molar-refractivity contribution in [1.82, 2.24) is 5.32 Å². The number of ether oxygens (including phenoxy) is 1. The lowest BCUT2D eigenvalue weighted by Gasteiger charge is -2.15. The number of carbonyl (C=O) groups excluding carboxylic acids is 2. The molecule has 0 aliphatic carbocycles. The van der Waals surface area contributed by atoms with Crippen molar-refractivity contribution < 1.29 is 24.2 Å². The van der Waals surface area contributed by atoms with Gasteiger partial charge >= 0.3 is 11.9 Å². The molecule has 51 heavy (non-hydrogen) atoms. The van der Waals surface area contributed by atoms with Crippen molar-refractivity contribution in [1.29, 1.82) is 0 Å². The molecule has 0 aromatic heterocycles. The molecule has 7 nitrogen and oxygen atoms in total. The number of rotatable bonds is 40. The number of carboxylic acid groups (broad SMARTS) is 1. The molecule has 1 amide bonds. The Kier molecular flexibility index (Phi) is 37.9. The van der Waals surface area contributed by atoms with E-state index in [9.17, 15) is 19.5 Å². The van der Waals surface area contributed by atoms with Crippen molar-refractivity contribution in [2.45, 2.75) is 244 Å². The maximum Gasteiger partial charge on any atom is 0.326 e. The van der Waals surface area contributed by atoms with E-state index in [0.717, 1.165) is 44.9 Å². The number of aliphatic carboxylic acids is 1. The fourth-order valence-electron chi connectivity index (χ4n) is 6.71. The molecule has 0 aromatic carbocycles.